The summed E-state index contributed by atoms with van der Waals surface area (Å²) in [5, 5.41) is 8.25. The summed E-state index contributed by atoms with van der Waals surface area (Å²) in [5.41, 5.74) is 2.41. The number of piperidine rings is 1. The first kappa shape index (κ1) is 13.9. The van der Waals surface area contributed by atoms with Crippen LogP contribution < -0.4 is 0 Å². The van der Waals surface area contributed by atoms with Crippen LogP contribution in [0.1, 0.15) is 46.3 Å². The van der Waals surface area contributed by atoms with Gasteiger partial charge < -0.3 is 9.42 Å². The lowest BCUT2D eigenvalue weighted by Gasteiger charge is -2.32. The Morgan fingerprint density at radius 3 is 2.81 bits per heavy atom. The average Bonchev–Trinajstić information content (AvgIpc) is 3.05. The van der Waals surface area contributed by atoms with Gasteiger partial charge in [0, 0.05) is 19.3 Å². The van der Waals surface area contributed by atoms with Gasteiger partial charge in [-0.2, -0.15) is 5.10 Å². The van der Waals surface area contributed by atoms with Gasteiger partial charge in [0.15, 0.2) is 0 Å². The first-order chi connectivity index (χ1) is 10.1. The van der Waals surface area contributed by atoms with E-state index in [0.717, 1.165) is 24.9 Å². The first-order valence-corrected chi connectivity index (χ1v) is 7.29. The van der Waals surface area contributed by atoms with Crippen molar-refractivity contribution in [2.45, 2.75) is 39.7 Å². The summed E-state index contributed by atoms with van der Waals surface area (Å²) >= 11 is 0. The highest BCUT2D eigenvalue weighted by molar-refractivity contribution is 5.96. The number of hydrogen-bond acceptors (Lipinski definition) is 4. The average molecular weight is 288 g/mol. The van der Waals surface area contributed by atoms with Crippen LogP contribution in [0, 0.1) is 20.8 Å². The van der Waals surface area contributed by atoms with E-state index in [1.165, 1.54) is 0 Å². The summed E-state index contributed by atoms with van der Waals surface area (Å²) in [4.78, 5) is 14.6. The van der Waals surface area contributed by atoms with E-state index in [4.69, 9.17) is 4.52 Å². The maximum atomic E-state index is 12.7. The molecule has 0 saturated carbocycles. The van der Waals surface area contributed by atoms with Crippen LogP contribution in [-0.4, -0.2) is 38.8 Å². The van der Waals surface area contributed by atoms with Crippen molar-refractivity contribution in [2.75, 3.05) is 13.1 Å². The SMILES string of the molecule is Cc1cnn(C2CCCN(C(=O)c3c(C)noc3C)C2)c1. The molecule has 1 unspecified atom stereocenters. The van der Waals surface area contributed by atoms with Crippen molar-refractivity contribution >= 4 is 5.91 Å². The zero-order valence-corrected chi connectivity index (χ0v) is 12.7. The number of hydrogen-bond donors (Lipinski definition) is 0. The third kappa shape index (κ3) is 2.57. The molecular formula is C15H20N4O2. The van der Waals surface area contributed by atoms with Crippen molar-refractivity contribution in [1.82, 2.24) is 19.8 Å². The number of carbonyl (C=O) groups excluding carboxylic acids is 1. The third-order valence-corrected chi connectivity index (χ3v) is 4.04. The van der Waals surface area contributed by atoms with E-state index in [0.29, 0.717) is 23.6 Å². The van der Waals surface area contributed by atoms with Crippen LogP contribution in [-0.2, 0) is 0 Å². The third-order valence-electron chi connectivity index (χ3n) is 4.04. The molecule has 21 heavy (non-hydrogen) atoms. The maximum absolute atomic E-state index is 12.7. The van der Waals surface area contributed by atoms with Crippen molar-refractivity contribution in [3.05, 3.63) is 35.0 Å². The second-order valence-corrected chi connectivity index (χ2v) is 5.74. The van der Waals surface area contributed by atoms with E-state index in [1.54, 1.807) is 6.92 Å². The molecule has 1 fully saturated rings. The van der Waals surface area contributed by atoms with Crippen LogP contribution in [0.5, 0.6) is 0 Å². The lowest BCUT2D eigenvalue weighted by atomic mass is 10.0. The number of amides is 1. The fourth-order valence-corrected chi connectivity index (χ4v) is 2.93. The van der Waals surface area contributed by atoms with Crippen molar-refractivity contribution in [3.8, 4) is 0 Å². The predicted molar refractivity (Wildman–Crippen MR) is 77.1 cm³/mol. The van der Waals surface area contributed by atoms with Crippen LogP contribution in [0.25, 0.3) is 0 Å². The largest absolute Gasteiger partial charge is 0.361 e. The van der Waals surface area contributed by atoms with Gasteiger partial charge in [-0.3, -0.25) is 9.48 Å². The Kier molecular flexibility index (Phi) is 3.53. The summed E-state index contributed by atoms with van der Waals surface area (Å²) in [5.74, 6) is 0.606. The fourth-order valence-electron chi connectivity index (χ4n) is 2.93. The highest BCUT2D eigenvalue weighted by atomic mass is 16.5. The second kappa shape index (κ2) is 5.35. The Morgan fingerprint density at radius 1 is 1.38 bits per heavy atom. The van der Waals surface area contributed by atoms with Crippen LogP contribution in [0.4, 0.5) is 0 Å². The van der Waals surface area contributed by atoms with Gasteiger partial charge in [0.2, 0.25) is 0 Å². The summed E-state index contributed by atoms with van der Waals surface area (Å²) in [6, 6.07) is 0.247. The summed E-state index contributed by atoms with van der Waals surface area (Å²) in [6.45, 7) is 7.08. The predicted octanol–water partition coefficient (Wildman–Crippen LogP) is 2.27. The number of likely N-dealkylation sites (tertiary alicyclic amines) is 1. The smallest absolute Gasteiger partial charge is 0.259 e. The molecule has 1 amide bonds. The number of carbonyl (C=O) groups is 1. The van der Waals surface area contributed by atoms with Gasteiger partial charge >= 0.3 is 0 Å². The minimum atomic E-state index is 0.0137. The van der Waals surface area contributed by atoms with E-state index in [1.807, 2.05) is 35.8 Å². The zero-order valence-electron chi connectivity index (χ0n) is 12.7. The van der Waals surface area contributed by atoms with Gasteiger partial charge in [0.25, 0.3) is 5.91 Å². The van der Waals surface area contributed by atoms with E-state index < -0.39 is 0 Å². The van der Waals surface area contributed by atoms with Gasteiger partial charge in [0.1, 0.15) is 11.3 Å². The number of rotatable bonds is 2. The molecule has 3 rings (SSSR count). The summed E-state index contributed by atoms with van der Waals surface area (Å²) in [7, 11) is 0. The molecule has 1 atom stereocenters. The van der Waals surface area contributed by atoms with Gasteiger partial charge in [-0.15, -0.1) is 0 Å². The maximum Gasteiger partial charge on any atom is 0.259 e. The first-order valence-electron chi connectivity index (χ1n) is 7.29. The van der Waals surface area contributed by atoms with Crippen LogP contribution >= 0.6 is 0 Å². The number of aryl methyl sites for hydroxylation is 3. The summed E-state index contributed by atoms with van der Waals surface area (Å²) < 4.78 is 7.08. The molecule has 2 aromatic rings. The Balaban J connectivity index is 1.78. The van der Waals surface area contributed by atoms with Crippen molar-refractivity contribution in [3.63, 3.8) is 0 Å². The molecule has 1 aliphatic heterocycles. The number of aromatic nitrogens is 3. The van der Waals surface area contributed by atoms with Crippen molar-refractivity contribution in [2.24, 2.45) is 0 Å². The topological polar surface area (TPSA) is 64.2 Å². The lowest BCUT2D eigenvalue weighted by molar-refractivity contribution is 0.0670. The van der Waals surface area contributed by atoms with E-state index in [2.05, 4.69) is 10.3 Å². The van der Waals surface area contributed by atoms with E-state index in [9.17, 15) is 4.79 Å². The molecule has 0 radical (unpaired) electrons. The Morgan fingerprint density at radius 2 is 2.19 bits per heavy atom. The molecule has 0 spiro atoms. The van der Waals surface area contributed by atoms with Crippen molar-refractivity contribution < 1.29 is 9.32 Å². The minimum absolute atomic E-state index is 0.0137. The lowest BCUT2D eigenvalue weighted by Crippen LogP contribution is -2.41. The monoisotopic (exact) mass is 288 g/mol. The van der Waals surface area contributed by atoms with E-state index in [-0.39, 0.29) is 11.9 Å². The van der Waals surface area contributed by atoms with Gasteiger partial charge in [-0.25, -0.2) is 0 Å². The van der Waals surface area contributed by atoms with Crippen LogP contribution in [0.2, 0.25) is 0 Å². The van der Waals surface area contributed by atoms with Crippen LogP contribution in [0.15, 0.2) is 16.9 Å². The van der Waals surface area contributed by atoms with E-state index >= 15 is 0 Å². The number of nitrogens with zero attached hydrogens (tertiary/aromatic N) is 4. The van der Waals surface area contributed by atoms with Crippen LogP contribution in [0.3, 0.4) is 0 Å². The molecule has 2 aromatic heterocycles. The zero-order chi connectivity index (χ0) is 15.0. The van der Waals surface area contributed by atoms with Gasteiger partial charge in [-0.1, -0.05) is 5.16 Å². The normalized spacial score (nSPS) is 19.0. The molecule has 3 heterocycles. The molecular weight excluding hydrogens is 268 g/mol. The standard InChI is InChI=1S/C15H20N4O2/c1-10-7-16-19(8-10)13-5-4-6-18(9-13)15(20)14-11(2)17-21-12(14)3/h7-8,13H,4-6,9H2,1-3H3. The molecule has 112 valence electrons. The Bertz CT molecular complexity index is 639. The Labute approximate surface area is 123 Å². The van der Waals surface area contributed by atoms with Gasteiger partial charge in [-0.05, 0) is 39.2 Å². The molecule has 0 bridgehead atoms. The molecule has 0 aromatic carbocycles. The molecule has 6 nitrogen and oxygen atoms in total. The molecule has 1 aliphatic rings. The fraction of sp³-hybridized carbons (Fsp3) is 0.533. The molecule has 0 N–H and O–H groups in total. The minimum Gasteiger partial charge on any atom is -0.361 e. The van der Waals surface area contributed by atoms with Crippen molar-refractivity contribution in [1.29, 1.82) is 0 Å². The molecule has 0 aliphatic carbocycles. The Hall–Kier alpha value is -2.11. The summed E-state index contributed by atoms with van der Waals surface area (Å²) in [6.07, 6.45) is 5.93. The second-order valence-electron chi connectivity index (χ2n) is 5.74. The quantitative estimate of drug-likeness (QED) is 0.850. The highest BCUT2D eigenvalue weighted by Crippen LogP contribution is 2.24. The molecule has 6 heteroatoms. The van der Waals surface area contributed by atoms with Gasteiger partial charge in [0.05, 0.1) is 17.9 Å². The molecule has 1 saturated heterocycles. The highest BCUT2D eigenvalue weighted by Gasteiger charge is 2.29.